The molecule has 0 radical (unpaired) electrons. The Hall–Kier alpha value is -3.28. The maximum atomic E-state index is 4.80. The van der Waals surface area contributed by atoms with E-state index >= 15 is 0 Å². The number of aryl methyl sites for hydroxylation is 2. The molecule has 130 valence electrons. The lowest BCUT2D eigenvalue weighted by molar-refractivity contribution is -0.671. The van der Waals surface area contributed by atoms with Crippen molar-refractivity contribution in [2.75, 3.05) is 0 Å². The van der Waals surface area contributed by atoms with E-state index in [1.165, 1.54) is 0 Å². The van der Waals surface area contributed by atoms with E-state index in [1.807, 2.05) is 97.1 Å². The van der Waals surface area contributed by atoms with Gasteiger partial charge in [-0.1, -0.05) is 12.1 Å². The van der Waals surface area contributed by atoms with Crippen molar-refractivity contribution in [2.45, 2.75) is 13.1 Å². The Bertz CT molecular complexity index is 946. The number of aromatic nitrogens is 6. The quantitative estimate of drug-likeness (QED) is 0.514. The summed E-state index contributed by atoms with van der Waals surface area (Å²) in [4.78, 5) is 9.59. The van der Waals surface area contributed by atoms with Crippen LogP contribution in [0.2, 0.25) is 0 Å². The van der Waals surface area contributed by atoms with Crippen molar-refractivity contribution < 1.29 is 9.13 Å². The fourth-order valence-electron chi connectivity index (χ4n) is 2.99. The molecule has 0 aliphatic rings. The first-order valence-electron chi connectivity index (χ1n) is 8.60. The number of imidazole rings is 2. The molecule has 4 aromatic rings. The fraction of sp³-hybridized carbons (Fsp3) is 0.200. The molecule has 0 amide bonds. The Morgan fingerprint density at radius 3 is 1.58 bits per heavy atom. The molecule has 6 nitrogen and oxygen atoms in total. The van der Waals surface area contributed by atoms with E-state index in [-0.39, 0.29) is 0 Å². The van der Waals surface area contributed by atoms with Crippen molar-refractivity contribution >= 4 is 0 Å². The third-order valence-electron chi connectivity index (χ3n) is 4.21. The highest BCUT2D eigenvalue weighted by atomic mass is 15.1. The predicted molar refractivity (Wildman–Crippen MR) is 96.9 cm³/mol. The first-order chi connectivity index (χ1) is 12.7. The molecule has 0 saturated heterocycles. The molecule has 0 fully saturated rings. The summed E-state index contributed by atoms with van der Waals surface area (Å²) in [7, 11) is 4.03. The van der Waals surface area contributed by atoms with Gasteiger partial charge in [0.2, 0.25) is 12.7 Å². The number of hydrogen-bond acceptors (Lipinski definition) is 2. The standard InChI is InChI=1S/C20H22N6/c1-23-9-11-25(15-23)13-17-5-3-7-19(21-17)20-8-4-6-18(22-20)14-26-12-10-24(2)16-26/h3-12,15-16H,13-14H2,1-2H3/q+2. The SMILES string of the molecule is C[n+]1ccn(Cc2cccc(-c3cccc(Cn4cc[n+](C)c4)n3)n2)c1. The maximum Gasteiger partial charge on any atom is 0.243 e. The minimum absolute atomic E-state index is 0.744. The summed E-state index contributed by atoms with van der Waals surface area (Å²) in [6.07, 6.45) is 12.2. The summed E-state index contributed by atoms with van der Waals surface area (Å²) in [6, 6.07) is 12.2. The summed E-state index contributed by atoms with van der Waals surface area (Å²) in [5, 5.41) is 0. The van der Waals surface area contributed by atoms with Crippen molar-refractivity contribution in [3.05, 3.63) is 85.2 Å². The topological polar surface area (TPSA) is 43.4 Å². The minimum atomic E-state index is 0.744. The number of rotatable bonds is 5. The van der Waals surface area contributed by atoms with Gasteiger partial charge in [0.25, 0.3) is 0 Å². The van der Waals surface area contributed by atoms with E-state index in [0.29, 0.717) is 0 Å². The average molecular weight is 346 g/mol. The largest absolute Gasteiger partial charge is 0.247 e. The van der Waals surface area contributed by atoms with Crippen LogP contribution in [0.15, 0.2) is 73.8 Å². The van der Waals surface area contributed by atoms with Gasteiger partial charge in [0, 0.05) is 0 Å². The lowest BCUT2D eigenvalue weighted by atomic mass is 10.2. The molecular formula is C20H22N6+2. The molecule has 0 spiro atoms. The van der Waals surface area contributed by atoms with Crippen molar-refractivity contribution in [3.8, 4) is 11.4 Å². The molecule has 0 atom stereocenters. The normalized spacial score (nSPS) is 11.0. The van der Waals surface area contributed by atoms with Crippen molar-refractivity contribution in [3.63, 3.8) is 0 Å². The molecule has 0 aliphatic carbocycles. The van der Waals surface area contributed by atoms with E-state index < -0.39 is 0 Å². The first-order valence-corrected chi connectivity index (χ1v) is 8.60. The van der Waals surface area contributed by atoms with Gasteiger partial charge in [-0.05, 0) is 24.3 Å². The van der Waals surface area contributed by atoms with Crippen LogP contribution in [0, 0.1) is 0 Å². The third-order valence-corrected chi connectivity index (χ3v) is 4.21. The Balaban J connectivity index is 1.57. The molecular weight excluding hydrogens is 324 g/mol. The molecule has 0 saturated carbocycles. The zero-order valence-electron chi connectivity index (χ0n) is 15.0. The molecule has 4 aromatic heterocycles. The maximum absolute atomic E-state index is 4.80. The summed E-state index contributed by atoms with van der Waals surface area (Å²) in [5.74, 6) is 0. The second kappa shape index (κ2) is 6.92. The van der Waals surface area contributed by atoms with Crippen LogP contribution in [0.5, 0.6) is 0 Å². The molecule has 26 heavy (non-hydrogen) atoms. The van der Waals surface area contributed by atoms with Gasteiger partial charge in [-0.3, -0.25) is 0 Å². The van der Waals surface area contributed by atoms with Gasteiger partial charge in [-0.25, -0.2) is 28.2 Å². The van der Waals surface area contributed by atoms with Crippen molar-refractivity contribution in [2.24, 2.45) is 14.1 Å². The van der Waals surface area contributed by atoms with Crippen molar-refractivity contribution in [1.29, 1.82) is 0 Å². The highest BCUT2D eigenvalue weighted by molar-refractivity contribution is 5.54. The van der Waals surface area contributed by atoms with Crippen LogP contribution in [0.4, 0.5) is 0 Å². The van der Waals surface area contributed by atoms with E-state index in [1.54, 1.807) is 0 Å². The number of pyridine rings is 2. The van der Waals surface area contributed by atoms with Crippen LogP contribution in [-0.2, 0) is 27.2 Å². The molecule has 0 aromatic carbocycles. The van der Waals surface area contributed by atoms with Crippen LogP contribution in [-0.4, -0.2) is 19.1 Å². The monoisotopic (exact) mass is 346 g/mol. The van der Waals surface area contributed by atoms with Crippen LogP contribution in [0.3, 0.4) is 0 Å². The van der Waals surface area contributed by atoms with E-state index in [9.17, 15) is 0 Å². The smallest absolute Gasteiger partial charge is 0.243 e. The van der Waals surface area contributed by atoms with Gasteiger partial charge in [-0.2, -0.15) is 0 Å². The van der Waals surface area contributed by atoms with E-state index in [0.717, 1.165) is 35.9 Å². The molecule has 6 heteroatoms. The Morgan fingerprint density at radius 2 is 1.19 bits per heavy atom. The zero-order chi connectivity index (χ0) is 17.9. The zero-order valence-corrected chi connectivity index (χ0v) is 15.0. The molecule has 0 aliphatic heterocycles. The summed E-state index contributed by atoms with van der Waals surface area (Å²) in [6.45, 7) is 1.49. The molecule has 0 bridgehead atoms. The van der Waals surface area contributed by atoms with Crippen LogP contribution >= 0.6 is 0 Å². The highest BCUT2D eigenvalue weighted by Gasteiger charge is 2.09. The average Bonchev–Trinajstić information content (AvgIpc) is 3.23. The lowest BCUT2D eigenvalue weighted by Gasteiger charge is -2.05. The number of hydrogen-bond donors (Lipinski definition) is 0. The lowest BCUT2D eigenvalue weighted by Crippen LogP contribution is -2.23. The summed E-state index contributed by atoms with van der Waals surface area (Å²) in [5.41, 5.74) is 3.84. The third kappa shape index (κ3) is 3.69. The molecule has 4 rings (SSSR count). The minimum Gasteiger partial charge on any atom is -0.247 e. The molecule has 0 unspecified atom stereocenters. The second-order valence-electron chi connectivity index (χ2n) is 6.53. The molecule has 4 heterocycles. The van der Waals surface area contributed by atoms with Gasteiger partial charge in [0.1, 0.15) is 37.9 Å². The van der Waals surface area contributed by atoms with Crippen LogP contribution in [0.1, 0.15) is 11.4 Å². The Labute approximate surface area is 152 Å². The van der Waals surface area contributed by atoms with Gasteiger partial charge < -0.3 is 0 Å². The Kier molecular flexibility index (Phi) is 4.31. The van der Waals surface area contributed by atoms with Crippen molar-refractivity contribution in [1.82, 2.24) is 19.1 Å². The van der Waals surface area contributed by atoms with Gasteiger partial charge in [0.05, 0.1) is 36.9 Å². The van der Waals surface area contributed by atoms with E-state index in [4.69, 9.17) is 9.97 Å². The van der Waals surface area contributed by atoms with E-state index in [2.05, 4.69) is 9.13 Å². The fourth-order valence-corrected chi connectivity index (χ4v) is 2.99. The van der Waals surface area contributed by atoms with Gasteiger partial charge >= 0.3 is 0 Å². The van der Waals surface area contributed by atoms with Crippen LogP contribution < -0.4 is 9.13 Å². The summed E-state index contributed by atoms with van der Waals surface area (Å²) < 4.78 is 8.27. The Morgan fingerprint density at radius 1 is 0.731 bits per heavy atom. The van der Waals surface area contributed by atoms with Gasteiger partial charge in [0.15, 0.2) is 0 Å². The van der Waals surface area contributed by atoms with Gasteiger partial charge in [-0.15, -0.1) is 0 Å². The first kappa shape index (κ1) is 16.2. The highest BCUT2D eigenvalue weighted by Crippen LogP contribution is 2.16. The molecule has 0 N–H and O–H groups in total. The van der Waals surface area contributed by atoms with Crippen LogP contribution in [0.25, 0.3) is 11.4 Å². The predicted octanol–water partition coefficient (Wildman–Crippen LogP) is 1.49. The second-order valence-corrected chi connectivity index (χ2v) is 6.53. The summed E-state index contributed by atoms with van der Waals surface area (Å²) >= 11 is 0. The number of nitrogens with zero attached hydrogens (tertiary/aromatic N) is 6.